The first kappa shape index (κ1) is 17.3. The van der Waals surface area contributed by atoms with Crippen molar-refractivity contribution in [2.24, 2.45) is 5.92 Å². The van der Waals surface area contributed by atoms with E-state index >= 15 is 0 Å². The van der Waals surface area contributed by atoms with Crippen LogP contribution in [0.2, 0.25) is 0 Å². The first-order valence-electron chi connectivity index (χ1n) is 8.07. The molecule has 1 aromatic rings. The third-order valence-electron chi connectivity index (χ3n) is 3.83. The molecule has 1 amide bonds. The van der Waals surface area contributed by atoms with E-state index < -0.39 is 5.60 Å². The second-order valence-electron chi connectivity index (χ2n) is 6.67. The fourth-order valence-electron chi connectivity index (χ4n) is 2.58. The van der Waals surface area contributed by atoms with Gasteiger partial charge in [-0.25, -0.2) is 0 Å². The summed E-state index contributed by atoms with van der Waals surface area (Å²) in [5, 5.41) is 0. The number of nitrogens with zero attached hydrogens (tertiary/aromatic N) is 1. The number of rotatable bonds is 6. The molecular formula is C18H25NO4. The van der Waals surface area contributed by atoms with E-state index in [9.17, 15) is 9.59 Å². The minimum absolute atomic E-state index is 0.101. The van der Waals surface area contributed by atoms with Crippen LogP contribution in [-0.2, 0) is 4.79 Å². The fraction of sp³-hybridized carbons (Fsp3) is 0.556. The molecule has 1 aliphatic heterocycles. The van der Waals surface area contributed by atoms with Crippen molar-refractivity contribution in [1.29, 1.82) is 0 Å². The van der Waals surface area contributed by atoms with Gasteiger partial charge in [0.2, 0.25) is 0 Å². The lowest BCUT2D eigenvalue weighted by Gasteiger charge is -2.39. The van der Waals surface area contributed by atoms with Crippen LogP contribution in [0.1, 0.15) is 51.4 Å². The van der Waals surface area contributed by atoms with Gasteiger partial charge >= 0.3 is 0 Å². The number of carbonyl (C=O) groups excluding carboxylic acids is 2. The Labute approximate surface area is 137 Å². The van der Waals surface area contributed by atoms with E-state index in [4.69, 9.17) is 9.47 Å². The molecular weight excluding hydrogens is 294 g/mol. The number of hydrogen-bond acceptors (Lipinski definition) is 4. The Morgan fingerprint density at radius 1 is 1.35 bits per heavy atom. The quantitative estimate of drug-likeness (QED) is 0.754. The third-order valence-corrected chi connectivity index (χ3v) is 3.83. The molecule has 0 saturated heterocycles. The highest BCUT2D eigenvalue weighted by atomic mass is 16.5. The number of ether oxygens (including phenoxy) is 2. The summed E-state index contributed by atoms with van der Waals surface area (Å²) < 4.78 is 11.5. The van der Waals surface area contributed by atoms with Crippen LogP contribution >= 0.6 is 0 Å². The Morgan fingerprint density at radius 2 is 2.04 bits per heavy atom. The van der Waals surface area contributed by atoms with Crippen LogP contribution < -0.4 is 14.4 Å². The molecule has 2 rings (SSSR count). The van der Waals surface area contributed by atoms with Gasteiger partial charge in [0.1, 0.15) is 6.29 Å². The summed E-state index contributed by atoms with van der Waals surface area (Å²) in [6, 6.07) is 3.35. The van der Waals surface area contributed by atoms with Crippen LogP contribution in [0.25, 0.3) is 0 Å². The van der Waals surface area contributed by atoms with E-state index in [1.54, 1.807) is 30.9 Å². The van der Waals surface area contributed by atoms with E-state index in [0.29, 0.717) is 41.8 Å². The summed E-state index contributed by atoms with van der Waals surface area (Å²) in [4.78, 5) is 25.7. The van der Waals surface area contributed by atoms with Gasteiger partial charge in [0.05, 0.1) is 12.3 Å². The first-order valence-corrected chi connectivity index (χ1v) is 8.07. The van der Waals surface area contributed by atoms with Gasteiger partial charge in [-0.05, 0) is 45.2 Å². The molecule has 126 valence electrons. The maximum atomic E-state index is 12.8. The van der Waals surface area contributed by atoms with Crippen LogP contribution in [0.4, 0.5) is 5.69 Å². The highest BCUT2D eigenvalue weighted by Crippen LogP contribution is 2.45. The molecule has 0 N–H and O–H groups in total. The Bertz CT molecular complexity index is 607. The Hall–Kier alpha value is -2.04. The van der Waals surface area contributed by atoms with Crippen molar-refractivity contribution in [2.75, 3.05) is 18.1 Å². The summed E-state index contributed by atoms with van der Waals surface area (Å²) in [6.45, 7) is 10.7. The molecule has 0 bridgehead atoms. The van der Waals surface area contributed by atoms with Crippen LogP contribution in [0.5, 0.6) is 11.5 Å². The molecule has 0 unspecified atom stereocenters. The monoisotopic (exact) mass is 319 g/mol. The molecule has 5 nitrogen and oxygen atoms in total. The minimum Gasteiger partial charge on any atom is -0.490 e. The summed E-state index contributed by atoms with van der Waals surface area (Å²) >= 11 is 0. The number of carbonyl (C=O) groups is 2. The largest absolute Gasteiger partial charge is 0.490 e. The van der Waals surface area contributed by atoms with Crippen LogP contribution in [-0.4, -0.2) is 30.9 Å². The Morgan fingerprint density at radius 3 is 2.61 bits per heavy atom. The lowest BCUT2D eigenvalue weighted by molar-refractivity contribution is -0.132. The zero-order valence-electron chi connectivity index (χ0n) is 14.5. The fourth-order valence-corrected chi connectivity index (χ4v) is 2.58. The normalized spacial score (nSPS) is 16.1. The maximum Gasteiger partial charge on any atom is 0.270 e. The molecule has 0 aromatic heterocycles. The zero-order valence-corrected chi connectivity index (χ0v) is 14.5. The van der Waals surface area contributed by atoms with Gasteiger partial charge in [-0.15, -0.1) is 0 Å². The molecule has 0 saturated carbocycles. The number of anilines is 1. The number of fused-ring (bicyclic) bond motifs is 1. The zero-order chi connectivity index (χ0) is 17.2. The maximum absolute atomic E-state index is 12.8. The summed E-state index contributed by atoms with van der Waals surface area (Å²) in [5.74, 6) is 1.40. The van der Waals surface area contributed by atoms with Crippen molar-refractivity contribution in [1.82, 2.24) is 0 Å². The molecule has 0 atom stereocenters. The van der Waals surface area contributed by atoms with Crippen molar-refractivity contribution in [2.45, 2.75) is 46.6 Å². The highest BCUT2D eigenvalue weighted by Gasteiger charge is 2.42. The molecule has 0 aliphatic carbocycles. The Kier molecular flexibility index (Phi) is 4.97. The van der Waals surface area contributed by atoms with Gasteiger partial charge in [0.15, 0.2) is 17.1 Å². The summed E-state index contributed by atoms with van der Waals surface area (Å²) in [7, 11) is 0. The number of benzene rings is 1. The number of hydrogen-bond donors (Lipinski definition) is 0. The average molecular weight is 319 g/mol. The van der Waals surface area contributed by atoms with Crippen LogP contribution in [0, 0.1) is 5.92 Å². The molecule has 5 heteroatoms. The van der Waals surface area contributed by atoms with Crippen molar-refractivity contribution < 1.29 is 19.1 Å². The van der Waals surface area contributed by atoms with Gasteiger partial charge in [-0.1, -0.05) is 13.8 Å². The SMILES string of the molecule is CCOc1cc(C=O)cc2c1OC(C)(C)C(=O)N2CCC(C)C. The van der Waals surface area contributed by atoms with Gasteiger partial charge in [-0.3, -0.25) is 9.59 Å². The van der Waals surface area contributed by atoms with Crippen LogP contribution in [0.15, 0.2) is 12.1 Å². The lowest BCUT2D eigenvalue weighted by atomic mass is 10.0. The predicted molar refractivity (Wildman–Crippen MR) is 89.5 cm³/mol. The summed E-state index contributed by atoms with van der Waals surface area (Å²) in [5.41, 5.74) is 0.124. The van der Waals surface area contributed by atoms with Gasteiger partial charge in [0.25, 0.3) is 5.91 Å². The molecule has 1 aromatic carbocycles. The van der Waals surface area contributed by atoms with Crippen molar-refractivity contribution >= 4 is 17.9 Å². The van der Waals surface area contributed by atoms with Gasteiger partial charge in [0, 0.05) is 12.1 Å². The minimum atomic E-state index is -0.960. The van der Waals surface area contributed by atoms with E-state index in [1.165, 1.54) is 0 Å². The smallest absolute Gasteiger partial charge is 0.270 e. The van der Waals surface area contributed by atoms with E-state index in [2.05, 4.69) is 13.8 Å². The van der Waals surface area contributed by atoms with Crippen molar-refractivity contribution in [3.8, 4) is 11.5 Å². The molecule has 0 radical (unpaired) electrons. The summed E-state index contributed by atoms with van der Waals surface area (Å²) in [6.07, 6.45) is 1.63. The van der Waals surface area contributed by atoms with Crippen molar-refractivity contribution in [3.05, 3.63) is 17.7 Å². The van der Waals surface area contributed by atoms with Gasteiger partial charge < -0.3 is 14.4 Å². The van der Waals surface area contributed by atoms with Gasteiger partial charge in [-0.2, -0.15) is 0 Å². The standard InChI is InChI=1S/C18H25NO4/c1-6-22-15-10-13(11-20)9-14-16(15)23-18(4,5)17(21)19(14)8-7-12(2)3/h9-12H,6-8H2,1-5H3. The van der Waals surface area contributed by atoms with Crippen LogP contribution in [0.3, 0.4) is 0 Å². The predicted octanol–water partition coefficient (Wildman–Crippen LogP) is 3.45. The number of amides is 1. The first-order chi connectivity index (χ1) is 10.8. The lowest BCUT2D eigenvalue weighted by Crippen LogP contribution is -2.53. The topological polar surface area (TPSA) is 55.8 Å². The average Bonchev–Trinajstić information content (AvgIpc) is 2.48. The second-order valence-corrected chi connectivity index (χ2v) is 6.67. The molecule has 1 heterocycles. The highest BCUT2D eigenvalue weighted by molar-refractivity contribution is 6.03. The Balaban J connectivity index is 2.55. The molecule has 1 aliphatic rings. The third kappa shape index (κ3) is 3.49. The van der Waals surface area contributed by atoms with E-state index in [1.807, 2.05) is 6.92 Å². The molecule has 0 fully saturated rings. The van der Waals surface area contributed by atoms with Crippen molar-refractivity contribution in [3.63, 3.8) is 0 Å². The number of aldehydes is 1. The van der Waals surface area contributed by atoms with E-state index in [-0.39, 0.29) is 5.91 Å². The van der Waals surface area contributed by atoms with E-state index in [0.717, 1.165) is 12.7 Å². The molecule has 0 spiro atoms. The molecule has 23 heavy (non-hydrogen) atoms. The second kappa shape index (κ2) is 6.60.